The highest BCUT2D eigenvalue weighted by Crippen LogP contribution is 2.42. The van der Waals surface area contributed by atoms with E-state index in [2.05, 4.69) is 18.9 Å². The molecule has 24 nitrogen and oxygen atoms in total. The molecule has 458 valence electrons. The summed E-state index contributed by atoms with van der Waals surface area (Å²) in [6.07, 6.45) is 4.94. The molecule has 0 bridgehead atoms. The summed E-state index contributed by atoms with van der Waals surface area (Å²) in [5.74, 6) is -6.98. The lowest BCUT2D eigenvalue weighted by Crippen LogP contribution is -2.20. The van der Waals surface area contributed by atoms with Crippen LogP contribution < -0.4 is 18.9 Å². The van der Waals surface area contributed by atoms with Gasteiger partial charge in [0.2, 0.25) is 0 Å². The third-order valence-corrected chi connectivity index (χ3v) is 12.5. The molecule has 0 aliphatic heterocycles. The molecule has 0 heterocycles. The first-order valence-electron chi connectivity index (χ1n) is 25.7. The number of aliphatic hydroxyl groups is 6. The van der Waals surface area contributed by atoms with Gasteiger partial charge in [-0.3, -0.25) is 38.4 Å². The van der Waals surface area contributed by atoms with E-state index < -0.39 is 113 Å². The second-order valence-corrected chi connectivity index (χ2v) is 18.6. The summed E-state index contributed by atoms with van der Waals surface area (Å²) in [7, 11) is 4.56. The quantitative estimate of drug-likeness (QED) is 0.0179. The summed E-state index contributed by atoms with van der Waals surface area (Å²) in [6.45, 7) is 12.8. The maximum absolute atomic E-state index is 12.2. The van der Waals surface area contributed by atoms with Crippen LogP contribution in [0.1, 0.15) is 140 Å². The Morgan fingerprint density at radius 3 is 0.928 bits per heavy atom. The minimum absolute atomic E-state index is 0.00466. The summed E-state index contributed by atoms with van der Waals surface area (Å²) in [5, 5.41) is 79.1. The molecule has 0 radical (unpaired) electrons. The van der Waals surface area contributed by atoms with Crippen LogP contribution in [0.5, 0.6) is 34.5 Å². The number of hydrogen-bond acceptors (Lipinski definition) is 24. The minimum atomic E-state index is -0.929. The van der Waals surface area contributed by atoms with Crippen molar-refractivity contribution >= 4 is 47.8 Å². The lowest BCUT2D eigenvalue weighted by molar-refractivity contribution is -0.150. The molecule has 0 atom stereocenters. The van der Waals surface area contributed by atoms with Gasteiger partial charge in [-0.15, -0.1) is 0 Å². The van der Waals surface area contributed by atoms with Crippen LogP contribution >= 0.6 is 0 Å². The zero-order chi connectivity index (χ0) is 63.4. The minimum Gasteiger partial charge on any atom is -0.507 e. The molecule has 3 aromatic rings. The van der Waals surface area contributed by atoms with Crippen LogP contribution in [0.4, 0.5) is 0 Å². The molecular formula is C59H78O24. The first-order chi connectivity index (χ1) is 39.1. The molecule has 0 saturated heterocycles. The van der Waals surface area contributed by atoms with Gasteiger partial charge in [-0.1, -0.05) is 41.9 Å². The summed E-state index contributed by atoms with van der Waals surface area (Å²) in [6, 6.07) is 0. The predicted molar refractivity (Wildman–Crippen MR) is 295 cm³/mol. The van der Waals surface area contributed by atoms with Crippen LogP contribution in [0.15, 0.2) is 34.9 Å². The van der Waals surface area contributed by atoms with Crippen molar-refractivity contribution in [1.82, 2.24) is 0 Å². The molecule has 0 unspecified atom stereocenters. The van der Waals surface area contributed by atoms with Crippen molar-refractivity contribution in [3.05, 3.63) is 102 Å². The average Bonchev–Trinajstić information content (AvgIpc) is 3.47. The molecular weight excluding hydrogens is 1090 g/mol. The number of allylic oxidation sites excluding steroid dienone is 6. The van der Waals surface area contributed by atoms with Crippen molar-refractivity contribution in [2.24, 2.45) is 0 Å². The normalized spacial score (nSPS) is 10.6. The van der Waals surface area contributed by atoms with Gasteiger partial charge in [0.05, 0.1) is 68.1 Å². The predicted octanol–water partition coefficient (Wildman–Crippen LogP) is 5.14. The van der Waals surface area contributed by atoms with Gasteiger partial charge in [-0.25, -0.2) is 0 Å². The van der Waals surface area contributed by atoms with Crippen molar-refractivity contribution in [2.45, 2.75) is 153 Å². The van der Waals surface area contributed by atoms with E-state index >= 15 is 0 Å². The number of methoxy groups -OCH3 is 4. The van der Waals surface area contributed by atoms with E-state index in [1.54, 1.807) is 20.8 Å². The van der Waals surface area contributed by atoms with Crippen molar-refractivity contribution in [3.8, 4) is 34.5 Å². The smallest absolute Gasteiger partial charge is 0.322 e. The van der Waals surface area contributed by atoms with Crippen LogP contribution in [-0.4, -0.2) is 117 Å². The number of ether oxygens (including phenoxy) is 8. The molecule has 8 N–H and O–H groups in total. The number of hydrogen-bond donors (Lipinski definition) is 8. The summed E-state index contributed by atoms with van der Waals surface area (Å²) >= 11 is 0. The molecule has 0 saturated carbocycles. The summed E-state index contributed by atoms with van der Waals surface area (Å²) in [4.78, 5) is 93.7. The number of aromatic hydroxyl groups is 2. The largest absolute Gasteiger partial charge is 0.507 e. The Labute approximate surface area is 481 Å². The fourth-order valence-electron chi connectivity index (χ4n) is 7.66. The van der Waals surface area contributed by atoms with Crippen molar-refractivity contribution in [3.63, 3.8) is 0 Å². The van der Waals surface area contributed by atoms with Crippen LogP contribution in [0.2, 0.25) is 0 Å². The molecule has 3 aromatic carbocycles. The summed E-state index contributed by atoms with van der Waals surface area (Å²) < 4.78 is 39.1. The van der Waals surface area contributed by atoms with Gasteiger partial charge in [0.15, 0.2) is 0 Å². The number of carbonyl (C=O) groups is 8. The zero-order valence-corrected chi connectivity index (χ0v) is 49.2. The highest BCUT2D eigenvalue weighted by Gasteiger charge is 2.29. The summed E-state index contributed by atoms with van der Waals surface area (Å²) in [5.41, 5.74) is 6.11. The third kappa shape index (κ3) is 21.7. The highest BCUT2D eigenvalue weighted by atomic mass is 16.6. The molecule has 0 aliphatic carbocycles. The SMILES string of the molecule is CC/C(C)=C/Cc1c(C)c(OC(=O)CC(=O)OC)c(CO)c(CO)c1O.COC(=O)CC(=O)Oc1c(C)c(CC=C(C)C)c(OC(=O)CC(=O)OC)c(CO)c1CO.COC(=O)CC(=O)Oc1c(CC=C(C)C)c(C)c(O)c(CO)c1CO. The monoisotopic (exact) mass is 1170 g/mol. The Kier molecular flexibility index (Phi) is 32.1. The van der Waals surface area contributed by atoms with Crippen molar-refractivity contribution in [2.75, 3.05) is 28.4 Å². The second-order valence-electron chi connectivity index (χ2n) is 18.6. The molecule has 0 spiro atoms. The number of esters is 8. The fraction of sp³-hybridized carbons (Fsp3) is 0.458. The lowest BCUT2D eigenvalue weighted by Gasteiger charge is -2.22. The lowest BCUT2D eigenvalue weighted by atomic mass is 9.93. The number of aliphatic hydroxyl groups excluding tert-OH is 6. The standard InChI is InChI=1S/C22H28O10.C19H26O7.C18H24O7/c1-12(2)6-7-14-13(3)21(31-19(27)8-17(25)29-4)15(10-23)16(11-24)22(14)32-20(28)9-18(26)30-5;1-5-11(2)6-7-13-12(3)19(26-17(23)8-16(22)25-4)15(10-21)14(9-20)18(13)24;1-10(2)5-6-12-11(3)17(23)13(8-19)14(9-20)18(12)25-16(22)7-15(21)24-4/h6,23-24H,7-11H2,1-5H3;6,20-21,24H,5,7-10H2,1-4H3;5,19-20,23H,6-9H2,1-4H3/b;11-6+;. The number of benzene rings is 3. The topological polar surface area (TPSA) is 372 Å². The Hall–Kier alpha value is -8.00. The van der Waals surface area contributed by atoms with E-state index in [9.17, 15) is 79.2 Å². The highest BCUT2D eigenvalue weighted by molar-refractivity contribution is 5.94. The molecule has 83 heavy (non-hydrogen) atoms. The average molecular weight is 1170 g/mol. The van der Waals surface area contributed by atoms with Gasteiger partial charge in [-0.2, -0.15) is 0 Å². The van der Waals surface area contributed by atoms with E-state index in [1.165, 1.54) is 0 Å². The third-order valence-electron chi connectivity index (χ3n) is 12.5. The molecule has 0 aromatic heterocycles. The molecule has 3 rings (SSSR count). The Bertz CT molecular complexity index is 2920. The fourth-order valence-corrected chi connectivity index (χ4v) is 7.66. The van der Waals surface area contributed by atoms with E-state index in [0.29, 0.717) is 46.2 Å². The van der Waals surface area contributed by atoms with E-state index in [-0.39, 0.29) is 74.3 Å². The van der Waals surface area contributed by atoms with Gasteiger partial charge in [-0.05, 0) is 97.8 Å². The first-order valence-corrected chi connectivity index (χ1v) is 25.7. The van der Waals surface area contributed by atoms with Crippen LogP contribution in [0, 0.1) is 20.8 Å². The number of phenols is 2. The van der Waals surface area contributed by atoms with Crippen molar-refractivity contribution in [1.29, 1.82) is 0 Å². The number of rotatable bonds is 25. The maximum atomic E-state index is 12.2. The Morgan fingerprint density at radius 2 is 0.614 bits per heavy atom. The van der Waals surface area contributed by atoms with Crippen LogP contribution in [0.25, 0.3) is 0 Å². The first kappa shape index (κ1) is 73.0. The van der Waals surface area contributed by atoms with Gasteiger partial charge in [0.1, 0.15) is 60.2 Å². The zero-order valence-electron chi connectivity index (χ0n) is 49.2. The van der Waals surface area contributed by atoms with E-state index in [0.717, 1.165) is 51.6 Å². The van der Waals surface area contributed by atoms with E-state index in [1.807, 2.05) is 59.8 Å². The molecule has 24 heteroatoms. The van der Waals surface area contributed by atoms with Crippen LogP contribution in [-0.2, 0) is 116 Å². The Morgan fingerprint density at radius 1 is 0.349 bits per heavy atom. The van der Waals surface area contributed by atoms with E-state index in [4.69, 9.17) is 18.9 Å². The van der Waals surface area contributed by atoms with Gasteiger partial charge in [0.25, 0.3) is 0 Å². The number of carbonyl (C=O) groups excluding carboxylic acids is 8. The van der Waals surface area contributed by atoms with Gasteiger partial charge >= 0.3 is 47.8 Å². The molecule has 0 aliphatic rings. The maximum Gasteiger partial charge on any atom is 0.322 e. The van der Waals surface area contributed by atoms with Gasteiger partial charge < -0.3 is 78.7 Å². The molecule has 0 amide bonds. The van der Waals surface area contributed by atoms with Crippen LogP contribution in [0.3, 0.4) is 0 Å². The molecule has 0 fully saturated rings. The Balaban J connectivity index is 0.000000629. The van der Waals surface area contributed by atoms with Gasteiger partial charge in [0, 0.05) is 50.1 Å². The second kappa shape index (κ2) is 36.5. The van der Waals surface area contributed by atoms with Crippen molar-refractivity contribution < 1.29 is 117 Å².